The lowest BCUT2D eigenvalue weighted by molar-refractivity contribution is -0.136. The smallest absolute Gasteiger partial charge is 0.393 e. The van der Waals surface area contributed by atoms with Gasteiger partial charge in [-0.1, -0.05) is 0 Å². The molecule has 0 saturated heterocycles. The quantitative estimate of drug-likeness (QED) is 0.270. The predicted molar refractivity (Wildman–Crippen MR) is 112 cm³/mol. The zero-order valence-corrected chi connectivity index (χ0v) is 17.3. The number of hydroxylamine groups is 1. The Balaban J connectivity index is 1.88. The van der Waals surface area contributed by atoms with Crippen LogP contribution in [0.15, 0.2) is 24.4 Å². The maximum absolute atomic E-state index is 14.1. The number of carbonyl (C=O) groups excluding carboxylic acids is 1. The second-order valence-corrected chi connectivity index (χ2v) is 8.08. The minimum absolute atomic E-state index is 0.0670. The van der Waals surface area contributed by atoms with E-state index in [2.05, 4.69) is 20.2 Å². The number of H-pyrrole nitrogens is 1. The summed E-state index contributed by atoms with van der Waals surface area (Å²) in [5.41, 5.74) is 3.17. The van der Waals surface area contributed by atoms with Crippen molar-refractivity contribution in [3.63, 3.8) is 0 Å². The van der Waals surface area contributed by atoms with Crippen molar-refractivity contribution in [3.8, 4) is 11.3 Å². The Hall–Kier alpha value is -3.57. The van der Waals surface area contributed by atoms with Gasteiger partial charge < -0.3 is 5.11 Å². The molecule has 1 aliphatic rings. The number of nitrogens with one attached hydrogen (secondary N) is 2. The molecule has 1 aromatic carbocycles. The zero-order chi connectivity index (χ0) is 23.5. The summed E-state index contributed by atoms with van der Waals surface area (Å²) in [4.78, 5) is 20.0. The van der Waals surface area contributed by atoms with Gasteiger partial charge in [0, 0.05) is 34.6 Å². The standard InChI is InChI=1S/C22H18F3N5O3/c1-9-17-16(29-28-9)7-14(22(23,24)25)20-18(17)12-4-3-11(31)6-13(12)19(27-20)10-2-5-15(26-8-10)21(32)30-33/h2,5,7-8,11,31,33H,3-4,6H2,1H3,(H,28,29)(H,30,32). The van der Waals surface area contributed by atoms with Gasteiger partial charge in [-0.3, -0.25) is 20.1 Å². The van der Waals surface area contributed by atoms with Crippen LogP contribution >= 0.6 is 0 Å². The van der Waals surface area contributed by atoms with Crippen molar-refractivity contribution in [1.29, 1.82) is 0 Å². The zero-order valence-electron chi connectivity index (χ0n) is 17.3. The first-order valence-electron chi connectivity index (χ1n) is 10.2. The van der Waals surface area contributed by atoms with Gasteiger partial charge in [-0.2, -0.15) is 18.3 Å². The third-order valence-electron chi connectivity index (χ3n) is 6.02. The first kappa shape index (κ1) is 21.3. The average Bonchev–Trinajstić information content (AvgIpc) is 3.17. The van der Waals surface area contributed by atoms with Crippen LogP contribution in [0.5, 0.6) is 0 Å². The maximum atomic E-state index is 14.1. The third-order valence-corrected chi connectivity index (χ3v) is 6.02. The number of amides is 1. The number of aromatic amines is 1. The van der Waals surface area contributed by atoms with Gasteiger partial charge in [0.2, 0.25) is 0 Å². The molecule has 170 valence electrons. The van der Waals surface area contributed by atoms with E-state index in [1.165, 1.54) is 23.8 Å². The molecule has 11 heteroatoms. The largest absolute Gasteiger partial charge is 0.418 e. The van der Waals surface area contributed by atoms with Gasteiger partial charge in [0.05, 0.1) is 28.4 Å². The van der Waals surface area contributed by atoms with E-state index in [1.54, 1.807) is 6.92 Å². The molecule has 1 atom stereocenters. The van der Waals surface area contributed by atoms with Crippen LogP contribution in [0, 0.1) is 6.92 Å². The molecule has 3 aromatic heterocycles. The summed E-state index contributed by atoms with van der Waals surface area (Å²) >= 11 is 0. The van der Waals surface area contributed by atoms with Crippen molar-refractivity contribution in [2.24, 2.45) is 0 Å². The fourth-order valence-electron chi connectivity index (χ4n) is 4.53. The van der Waals surface area contributed by atoms with Crippen molar-refractivity contribution >= 4 is 27.7 Å². The highest BCUT2D eigenvalue weighted by molar-refractivity contribution is 6.10. The fraction of sp³-hybridized carbons (Fsp3) is 0.273. The van der Waals surface area contributed by atoms with Crippen LogP contribution < -0.4 is 5.48 Å². The average molecular weight is 457 g/mol. The van der Waals surface area contributed by atoms with Gasteiger partial charge in [-0.15, -0.1) is 0 Å². The van der Waals surface area contributed by atoms with Gasteiger partial charge in [0.1, 0.15) is 5.69 Å². The molecule has 1 unspecified atom stereocenters. The number of benzene rings is 1. The summed E-state index contributed by atoms with van der Waals surface area (Å²) in [5.74, 6) is -0.817. The number of alkyl halides is 3. The molecular weight excluding hydrogens is 439 g/mol. The van der Waals surface area contributed by atoms with Crippen LogP contribution in [0.25, 0.3) is 33.1 Å². The molecule has 33 heavy (non-hydrogen) atoms. The number of hydrogen-bond donors (Lipinski definition) is 4. The van der Waals surface area contributed by atoms with E-state index >= 15 is 0 Å². The predicted octanol–water partition coefficient (Wildman–Crippen LogP) is 3.47. The summed E-state index contributed by atoms with van der Waals surface area (Å²) in [6, 6.07) is 3.84. The van der Waals surface area contributed by atoms with Gasteiger partial charge in [-0.25, -0.2) is 10.5 Å². The van der Waals surface area contributed by atoms with E-state index in [4.69, 9.17) is 5.21 Å². The number of aromatic nitrogens is 4. The monoisotopic (exact) mass is 457 g/mol. The number of nitrogens with zero attached hydrogens (tertiary/aromatic N) is 3. The molecule has 5 rings (SSSR count). The van der Waals surface area contributed by atoms with Crippen molar-refractivity contribution < 1.29 is 28.3 Å². The number of hydrogen-bond acceptors (Lipinski definition) is 6. The van der Waals surface area contributed by atoms with Crippen LogP contribution in [0.4, 0.5) is 13.2 Å². The summed E-state index contributed by atoms with van der Waals surface area (Å²) in [6.45, 7) is 1.74. The first-order valence-corrected chi connectivity index (χ1v) is 10.2. The van der Waals surface area contributed by atoms with Crippen molar-refractivity contribution in [2.45, 2.75) is 38.5 Å². The van der Waals surface area contributed by atoms with Crippen molar-refractivity contribution in [2.75, 3.05) is 0 Å². The summed E-state index contributed by atoms with van der Waals surface area (Å²) in [5, 5.41) is 26.9. The van der Waals surface area contributed by atoms with E-state index in [0.717, 1.165) is 6.07 Å². The van der Waals surface area contributed by atoms with Crippen LogP contribution in [0.2, 0.25) is 0 Å². The Morgan fingerprint density at radius 3 is 2.70 bits per heavy atom. The maximum Gasteiger partial charge on any atom is 0.418 e. The normalized spacial score (nSPS) is 16.2. The number of carbonyl (C=O) groups is 1. The summed E-state index contributed by atoms with van der Waals surface area (Å²) in [6.07, 6.45) is -2.99. The highest BCUT2D eigenvalue weighted by Crippen LogP contribution is 2.43. The number of pyridine rings is 2. The molecule has 4 aromatic rings. The van der Waals surface area contributed by atoms with E-state index in [1.807, 2.05) is 0 Å². The molecule has 0 bridgehead atoms. The Bertz CT molecular complexity index is 1410. The summed E-state index contributed by atoms with van der Waals surface area (Å²) < 4.78 is 42.2. The second-order valence-electron chi connectivity index (χ2n) is 8.08. The van der Waals surface area contributed by atoms with Crippen molar-refractivity contribution in [1.82, 2.24) is 25.6 Å². The van der Waals surface area contributed by atoms with E-state index in [9.17, 15) is 23.1 Å². The lowest BCUT2D eigenvalue weighted by Crippen LogP contribution is -2.21. The van der Waals surface area contributed by atoms with Crippen LogP contribution in [0.1, 0.15) is 39.3 Å². The number of fused-ring (bicyclic) bond motifs is 5. The SMILES string of the molecule is Cc1[nH]nc2cc(C(F)(F)F)c3nc(-c4ccc(C(=O)NO)nc4)c4c(c3c12)CCC(O)C4. The first-order chi connectivity index (χ1) is 15.7. The Morgan fingerprint density at radius 1 is 1.24 bits per heavy atom. The Morgan fingerprint density at radius 2 is 2.03 bits per heavy atom. The number of aliphatic hydroxyl groups excluding tert-OH is 1. The topological polar surface area (TPSA) is 124 Å². The number of rotatable bonds is 2. The number of halogens is 3. The molecule has 8 nitrogen and oxygen atoms in total. The van der Waals surface area contributed by atoms with E-state index in [0.29, 0.717) is 46.0 Å². The molecule has 0 spiro atoms. The van der Waals surface area contributed by atoms with Crippen LogP contribution in [0.3, 0.4) is 0 Å². The minimum Gasteiger partial charge on any atom is -0.393 e. The molecule has 1 aliphatic carbocycles. The third kappa shape index (κ3) is 3.40. The minimum atomic E-state index is -4.66. The van der Waals surface area contributed by atoms with Gasteiger partial charge >= 0.3 is 6.18 Å². The van der Waals surface area contributed by atoms with Gasteiger partial charge in [0.25, 0.3) is 5.91 Å². The molecule has 0 fully saturated rings. The van der Waals surface area contributed by atoms with Crippen molar-refractivity contribution in [3.05, 3.63) is 52.5 Å². The molecular formula is C22H18F3N5O3. The lowest BCUT2D eigenvalue weighted by atomic mass is 9.83. The highest BCUT2D eigenvalue weighted by atomic mass is 19.4. The molecule has 4 N–H and O–H groups in total. The molecule has 1 amide bonds. The lowest BCUT2D eigenvalue weighted by Gasteiger charge is -2.26. The Kier molecular flexibility index (Phi) is 4.83. The van der Waals surface area contributed by atoms with Gasteiger partial charge in [0.15, 0.2) is 0 Å². The van der Waals surface area contributed by atoms with E-state index in [-0.39, 0.29) is 28.8 Å². The number of aliphatic hydroxyl groups is 1. The highest BCUT2D eigenvalue weighted by Gasteiger charge is 2.37. The molecule has 3 heterocycles. The molecule has 0 saturated carbocycles. The van der Waals surface area contributed by atoms with Crippen LogP contribution in [-0.2, 0) is 19.0 Å². The Labute approximate surface area is 184 Å². The second kappa shape index (κ2) is 7.49. The van der Waals surface area contributed by atoms with E-state index < -0.39 is 23.8 Å². The fourth-order valence-corrected chi connectivity index (χ4v) is 4.53. The summed E-state index contributed by atoms with van der Waals surface area (Å²) in [7, 11) is 0. The molecule has 0 aliphatic heterocycles. The number of aryl methyl sites for hydroxylation is 2. The van der Waals surface area contributed by atoms with Gasteiger partial charge in [-0.05, 0) is 49.1 Å². The van der Waals surface area contributed by atoms with Crippen LogP contribution in [-0.4, -0.2) is 42.5 Å². The molecule has 0 radical (unpaired) electrons.